The fraction of sp³-hybridized carbons (Fsp3) is 0.257. The van der Waals surface area contributed by atoms with E-state index in [0.29, 0.717) is 0 Å². The molecule has 4 aliphatic heterocycles. The molecule has 0 N–H and O–H groups in total. The number of rotatable bonds is 12. The van der Waals surface area contributed by atoms with E-state index in [1.165, 1.54) is 63.2 Å². The minimum absolute atomic E-state index is 0. The van der Waals surface area contributed by atoms with E-state index < -0.39 is 31.7 Å². The molecule has 8 aromatic rings. The zero-order valence-corrected chi connectivity index (χ0v) is 53.7. The standard InChI is InChI=1S/2C33H34P2.4CN.2Pt/c2*1-5-13-26(14-6-1)30-21-22-31(27-15-7-2-8-16-27)34(30)25-35-32(28-17-9-3-10-18-28)23-24-33(35)29-19-11-4-12-20-29;4*1-2;;/h2*1-20,30-33H,21-25H2;;;;;;/q;;4*-1;;/p+4. The smallest absolute Gasteiger partial charge is 0.157 e. The molecule has 4 aliphatic rings. The van der Waals surface area contributed by atoms with E-state index >= 15 is 0 Å². The molecule has 4 fully saturated rings. The first-order valence-electron chi connectivity index (χ1n) is 27.5. The molecule has 8 atom stereocenters. The summed E-state index contributed by atoms with van der Waals surface area (Å²) in [4.78, 5) is 0. The predicted molar refractivity (Wildman–Crippen MR) is 333 cm³/mol. The van der Waals surface area contributed by atoms with E-state index in [1.54, 1.807) is 44.5 Å². The van der Waals surface area contributed by atoms with Crippen LogP contribution in [0.25, 0.3) is 0 Å². The SMILES string of the molecule is [C-]#N.[C-]#N.[C-]#N.[C-]#N.[Pt].[Pt].c1ccc(C2CCC(c3ccccc3)[PH+]2C[PH+]2C(c3ccccc3)CCC2c2ccccc2)cc1.c1ccc(C2CCC(c3ccccc3)[PH+]2C[PH+]2C(c3ccccc3)CCC2c2ccccc2)cc1. The summed E-state index contributed by atoms with van der Waals surface area (Å²) < 4.78 is 0. The Balaban J connectivity index is 0.000000256. The molecule has 412 valence electrons. The molecule has 0 aromatic heterocycles. The van der Waals surface area contributed by atoms with Gasteiger partial charge in [-0.1, -0.05) is 243 Å². The molecule has 80 heavy (non-hydrogen) atoms. The maximum atomic E-state index is 6.25. The van der Waals surface area contributed by atoms with Crippen molar-refractivity contribution in [2.75, 3.05) is 11.8 Å². The van der Waals surface area contributed by atoms with Crippen LogP contribution < -0.4 is 0 Å². The summed E-state index contributed by atoms with van der Waals surface area (Å²) in [6.45, 7) is 19.0. The van der Waals surface area contributed by atoms with Crippen molar-refractivity contribution >= 4 is 31.7 Å². The fourth-order valence-corrected chi connectivity index (χ4v) is 36.6. The summed E-state index contributed by atoms with van der Waals surface area (Å²) in [6, 6.07) is 92.2. The molecular weight excluding hydrogens is 1410 g/mol. The Hall–Kier alpha value is -5.18. The molecular formula is C70H72N4P4Pt2. The summed E-state index contributed by atoms with van der Waals surface area (Å²) in [5.74, 6) is 3.02. The van der Waals surface area contributed by atoms with E-state index in [1.807, 2.05) is 0 Å². The van der Waals surface area contributed by atoms with E-state index in [-0.39, 0.29) is 42.1 Å². The first-order chi connectivity index (χ1) is 38.8. The van der Waals surface area contributed by atoms with Crippen LogP contribution in [0.15, 0.2) is 243 Å². The van der Waals surface area contributed by atoms with Crippen LogP contribution in [0.2, 0.25) is 0 Å². The van der Waals surface area contributed by atoms with Crippen LogP contribution in [0, 0.1) is 47.3 Å². The molecule has 0 spiro atoms. The predicted octanol–water partition coefficient (Wildman–Crippen LogP) is 20.2. The van der Waals surface area contributed by atoms with Gasteiger partial charge in [-0.25, -0.2) is 0 Å². The summed E-state index contributed by atoms with van der Waals surface area (Å²) in [6.07, 6.45) is 10.9. The molecule has 4 nitrogen and oxygen atoms in total. The van der Waals surface area contributed by atoms with Gasteiger partial charge < -0.3 is 47.3 Å². The second kappa shape index (κ2) is 35.6. The van der Waals surface area contributed by atoms with Gasteiger partial charge in [0.05, 0.1) is 77.0 Å². The Labute approximate surface area is 512 Å². The van der Waals surface area contributed by atoms with Gasteiger partial charge in [-0.05, 0) is 95.9 Å². The monoisotopic (exact) mass is 1480 g/mol. The van der Waals surface area contributed by atoms with Crippen molar-refractivity contribution in [3.63, 3.8) is 0 Å². The van der Waals surface area contributed by atoms with Gasteiger partial charge in [0.25, 0.3) is 0 Å². The normalized spacial score (nSPS) is 24.8. The van der Waals surface area contributed by atoms with Gasteiger partial charge in [0.2, 0.25) is 0 Å². The molecule has 10 heteroatoms. The average Bonchev–Trinajstić information content (AvgIpc) is 4.39. The molecule has 0 radical (unpaired) electrons. The average molecular weight is 1480 g/mol. The Kier molecular flexibility index (Phi) is 29.2. The number of hydrogen-bond donors (Lipinski definition) is 0. The van der Waals surface area contributed by atoms with Crippen molar-refractivity contribution in [1.29, 1.82) is 21.0 Å². The topological polar surface area (TPSA) is 95.2 Å². The Morgan fingerprint density at radius 2 is 0.312 bits per heavy atom. The zero-order valence-electron chi connectivity index (χ0n) is 45.2. The third-order valence-electron chi connectivity index (χ3n) is 17.0. The Bertz CT molecular complexity index is 2410. The van der Waals surface area contributed by atoms with Gasteiger partial charge in [0, 0.05) is 42.1 Å². The third-order valence-corrected chi connectivity index (χ3v) is 35.7. The fourth-order valence-electron chi connectivity index (χ4n) is 13.8. The van der Waals surface area contributed by atoms with Gasteiger partial charge in [-0.15, -0.1) is 0 Å². The van der Waals surface area contributed by atoms with Gasteiger partial charge in [-0.3, -0.25) is 0 Å². The zero-order chi connectivity index (χ0) is 54.9. The molecule has 4 saturated heterocycles. The van der Waals surface area contributed by atoms with E-state index in [4.69, 9.17) is 47.3 Å². The summed E-state index contributed by atoms with van der Waals surface area (Å²) in [5.41, 5.74) is 19.0. The van der Waals surface area contributed by atoms with Crippen molar-refractivity contribution in [2.24, 2.45) is 0 Å². The molecule has 12 rings (SSSR count). The van der Waals surface area contributed by atoms with Gasteiger partial charge >= 0.3 is 0 Å². The summed E-state index contributed by atoms with van der Waals surface area (Å²) >= 11 is 0. The quantitative estimate of drug-likeness (QED) is 0.0899. The molecule has 0 bridgehead atoms. The van der Waals surface area contributed by atoms with Gasteiger partial charge in [-0.2, -0.15) is 0 Å². The third kappa shape index (κ3) is 16.5. The van der Waals surface area contributed by atoms with Crippen LogP contribution in [0.4, 0.5) is 0 Å². The largest absolute Gasteiger partial charge is 0.512 e. The molecule has 8 unspecified atom stereocenters. The molecule has 4 heterocycles. The van der Waals surface area contributed by atoms with E-state index in [2.05, 4.69) is 243 Å². The first kappa shape index (κ1) is 65.6. The van der Waals surface area contributed by atoms with Crippen molar-refractivity contribution in [3.8, 4) is 0 Å². The van der Waals surface area contributed by atoms with Crippen LogP contribution in [0.3, 0.4) is 0 Å². The first-order valence-corrected chi connectivity index (χ1v) is 34.9. The van der Waals surface area contributed by atoms with E-state index in [0.717, 1.165) is 45.3 Å². The van der Waals surface area contributed by atoms with Crippen LogP contribution >= 0.6 is 31.7 Å². The minimum Gasteiger partial charge on any atom is -0.512 e. The second-order valence-corrected chi connectivity index (χ2v) is 33.7. The second-order valence-electron chi connectivity index (χ2n) is 20.7. The maximum Gasteiger partial charge on any atom is 0.157 e. The minimum atomic E-state index is -0.610. The van der Waals surface area contributed by atoms with Crippen LogP contribution in [-0.4, -0.2) is 11.8 Å². The van der Waals surface area contributed by atoms with Crippen LogP contribution in [0.1, 0.15) is 141 Å². The van der Waals surface area contributed by atoms with Crippen molar-refractivity contribution in [1.82, 2.24) is 0 Å². The van der Waals surface area contributed by atoms with Crippen LogP contribution in [0.5, 0.6) is 0 Å². The Morgan fingerprint density at radius 3 is 0.412 bits per heavy atom. The van der Waals surface area contributed by atoms with Crippen molar-refractivity contribution in [2.45, 2.75) is 96.6 Å². The van der Waals surface area contributed by atoms with Crippen molar-refractivity contribution in [3.05, 3.63) is 313 Å². The van der Waals surface area contributed by atoms with Gasteiger partial charge in [0.15, 0.2) is 11.8 Å². The summed E-state index contributed by atoms with van der Waals surface area (Å²) in [7, 11) is -2.44. The maximum absolute atomic E-state index is 6.25. The number of hydrogen-bond acceptors (Lipinski definition) is 4. The molecule has 8 aromatic carbocycles. The van der Waals surface area contributed by atoms with Gasteiger partial charge in [0.1, 0.15) is 0 Å². The van der Waals surface area contributed by atoms with E-state index in [9.17, 15) is 0 Å². The van der Waals surface area contributed by atoms with Crippen LogP contribution in [-0.2, 0) is 42.1 Å². The molecule has 0 saturated carbocycles. The number of nitrogens with zero attached hydrogens (tertiary/aromatic N) is 4. The molecule has 0 amide bonds. The van der Waals surface area contributed by atoms with Crippen molar-refractivity contribution < 1.29 is 42.1 Å². The number of benzene rings is 8. The Morgan fingerprint density at radius 1 is 0.212 bits per heavy atom. The molecule has 0 aliphatic carbocycles. The summed E-state index contributed by atoms with van der Waals surface area (Å²) in [5, 5.41) is 25.0.